The van der Waals surface area contributed by atoms with Gasteiger partial charge in [-0.2, -0.15) is 0 Å². The second-order valence-corrected chi connectivity index (χ2v) is 4.72. The third kappa shape index (κ3) is 22.0. The van der Waals surface area contributed by atoms with Gasteiger partial charge in [-0.1, -0.05) is 0 Å². The van der Waals surface area contributed by atoms with Gasteiger partial charge in [-0.25, -0.2) is 0 Å². The molecule has 207 valence electrons. The van der Waals surface area contributed by atoms with Gasteiger partial charge in [-0.3, -0.25) is 9.97 Å². The minimum atomic E-state index is -1.44. The molecule has 0 amide bonds. The van der Waals surface area contributed by atoms with E-state index in [0.29, 0.717) is 0 Å². The molecule has 2 rings (SSSR count). The third-order valence-corrected chi connectivity index (χ3v) is 2.67. The van der Waals surface area contributed by atoms with Crippen molar-refractivity contribution in [1.29, 1.82) is 0 Å². The fourth-order valence-electron chi connectivity index (χ4n) is 1.27. The maximum Gasteiger partial charge on any atom is 2.00 e. The molecule has 0 unspecified atom stereocenters. The molecule has 1 radical (unpaired) electrons. The van der Waals surface area contributed by atoms with Crippen LogP contribution in [0.1, 0.15) is 41.7 Å². The average Bonchev–Trinajstić information content (AvgIpc) is 2.68. The number of pyridine rings is 2. The third-order valence-electron chi connectivity index (χ3n) is 2.67. The summed E-state index contributed by atoms with van der Waals surface area (Å²) in [6.45, 7) is 1.92. The smallest absolute Gasteiger partial charge is 0.545 e. The Labute approximate surface area is 207 Å². The predicted molar refractivity (Wildman–Crippen MR) is 103 cm³/mol. The second-order valence-electron chi connectivity index (χ2n) is 4.72. The number of hydrogen-bond acceptors (Lipinski definition) is 10. The Morgan fingerprint density at radius 3 is 0.943 bits per heavy atom. The summed E-state index contributed by atoms with van der Waals surface area (Å²) in [7, 11) is 0. The Morgan fingerprint density at radius 2 is 0.829 bits per heavy atom. The molecule has 2 aromatic rings. The molecule has 0 atom stereocenters. The summed E-state index contributed by atoms with van der Waals surface area (Å²) in [5.74, 6) is -5.68. The van der Waals surface area contributed by atoms with E-state index in [9.17, 15) is 39.6 Å². The molecular formula is C16H28CuN4O14. The molecule has 18 nitrogen and oxygen atoms in total. The van der Waals surface area contributed by atoms with Crippen LogP contribution < -0.4 is 31.9 Å². The number of carboxylic acid groups (broad SMARTS) is 4. The number of quaternary nitrogens is 2. The molecule has 0 fully saturated rings. The van der Waals surface area contributed by atoms with Gasteiger partial charge in [0.05, 0.1) is 35.3 Å². The van der Waals surface area contributed by atoms with E-state index in [-0.39, 0.29) is 72.4 Å². The van der Waals surface area contributed by atoms with E-state index in [2.05, 4.69) is 21.4 Å². The van der Waals surface area contributed by atoms with Crippen LogP contribution >= 0.6 is 0 Å². The van der Waals surface area contributed by atoms with E-state index >= 15 is 0 Å². The molecule has 0 saturated heterocycles. The van der Waals surface area contributed by atoms with Crippen molar-refractivity contribution in [2.24, 2.45) is 0 Å². The van der Waals surface area contributed by atoms with E-state index in [0.717, 1.165) is 49.7 Å². The number of aromatic carboxylic acids is 4. The first kappa shape index (κ1) is 53.0. The van der Waals surface area contributed by atoms with Crippen molar-refractivity contribution in [3.05, 3.63) is 59.2 Å². The van der Waals surface area contributed by atoms with Crippen LogP contribution in [0.15, 0.2) is 36.7 Å². The maximum absolute atomic E-state index is 10.2. The Hall–Kier alpha value is -3.62. The monoisotopic (exact) mass is 563 g/mol. The number of aromatic nitrogens is 2. The number of rotatable bonds is 5. The van der Waals surface area contributed by atoms with Crippen molar-refractivity contribution >= 4 is 23.9 Å². The summed E-state index contributed by atoms with van der Waals surface area (Å²) in [4.78, 5) is 47.3. The van der Waals surface area contributed by atoms with Crippen LogP contribution in [-0.2, 0) is 17.1 Å². The SMILES string of the molecule is O.O.O.O.O.O.O=C([O-])c1ccc(C(=O)[O-])nc1.O=C([O-])c1ccc(C(=O)[O-])nc1.[Cu+2].[NH3+]CC[NH3+]. The fourth-order valence-corrected chi connectivity index (χ4v) is 1.27. The molecule has 0 aliphatic heterocycles. The number of carbonyl (C=O) groups is 4. The molecule has 0 spiro atoms. The van der Waals surface area contributed by atoms with Crippen molar-refractivity contribution in [1.82, 2.24) is 9.97 Å². The minimum absolute atomic E-state index is 0. The van der Waals surface area contributed by atoms with Crippen molar-refractivity contribution in [2.45, 2.75) is 0 Å². The summed E-state index contributed by atoms with van der Waals surface area (Å²) in [6.07, 6.45) is 1.81. The Morgan fingerprint density at radius 1 is 0.571 bits per heavy atom. The first-order valence-corrected chi connectivity index (χ1v) is 7.50. The largest absolute Gasteiger partial charge is 2.00 e. The average molecular weight is 564 g/mol. The molecule has 0 aliphatic carbocycles. The number of carbonyl (C=O) groups excluding carboxylic acids is 4. The Bertz CT molecular complexity index is 687. The van der Waals surface area contributed by atoms with Gasteiger partial charge in [0.15, 0.2) is 0 Å². The first-order chi connectivity index (χ1) is 13.1. The zero-order chi connectivity index (χ0) is 21.7. The zero-order valence-electron chi connectivity index (χ0n) is 17.8. The van der Waals surface area contributed by atoms with Crippen LogP contribution in [0.3, 0.4) is 0 Å². The first-order valence-electron chi connectivity index (χ1n) is 7.50. The Balaban J connectivity index is -0.0000000513. The van der Waals surface area contributed by atoms with Gasteiger partial charge in [0.2, 0.25) is 0 Å². The summed E-state index contributed by atoms with van der Waals surface area (Å²) in [5.41, 5.74) is 6.14. The van der Waals surface area contributed by atoms with Crippen LogP contribution in [0.4, 0.5) is 0 Å². The van der Waals surface area contributed by atoms with Crippen molar-refractivity contribution in [3.8, 4) is 0 Å². The maximum atomic E-state index is 10.2. The fraction of sp³-hybridized carbons (Fsp3) is 0.125. The molecule has 0 bridgehead atoms. The molecule has 18 N–H and O–H groups in total. The van der Waals surface area contributed by atoms with E-state index in [1.165, 1.54) is 0 Å². The van der Waals surface area contributed by atoms with Crippen molar-refractivity contribution in [3.63, 3.8) is 0 Å². The van der Waals surface area contributed by atoms with Gasteiger partial charge in [-0.05, 0) is 24.3 Å². The molecule has 0 aliphatic rings. The molecule has 2 aromatic heterocycles. The number of hydrogen-bond donors (Lipinski definition) is 2. The minimum Gasteiger partial charge on any atom is -0.545 e. The second kappa shape index (κ2) is 28.4. The summed E-state index contributed by atoms with van der Waals surface area (Å²) in [6, 6.07) is 4.27. The summed E-state index contributed by atoms with van der Waals surface area (Å²) < 4.78 is 0. The van der Waals surface area contributed by atoms with Crippen LogP contribution in [0, 0.1) is 0 Å². The zero-order valence-corrected chi connectivity index (χ0v) is 18.7. The van der Waals surface area contributed by atoms with Gasteiger partial charge in [0.1, 0.15) is 13.1 Å². The van der Waals surface area contributed by atoms with Crippen LogP contribution in [0.2, 0.25) is 0 Å². The molecule has 19 heteroatoms. The quantitative estimate of drug-likeness (QED) is 0.323. The van der Waals surface area contributed by atoms with Crippen LogP contribution in [-0.4, -0.2) is 79.8 Å². The van der Waals surface area contributed by atoms with Gasteiger partial charge < -0.3 is 83.9 Å². The van der Waals surface area contributed by atoms with E-state index < -0.39 is 23.9 Å². The van der Waals surface area contributed by atoms with E-state index in [4.69, 9.17) is 0 Å². The Kier molecular flexibility index (Phi) is 43.0. The van der Waals surface area contributed by atoms with Crippen molar-refractivity contribution in [2.75, 3.05) is 13.1 Å². The molecule has 35 heavy (non-hydrogen) atoms. The number of carboxylic acids is 4. The standard InChI is InChI=1S/2C7H5NO4.C2H8N2.Cu.6H2O/c2*9-6(10)4-1-2-5(7(11)12)8-3-4;3-1-2-4;;;;;;;/h2*1-3H,(H,9,10)(H,11,12);1-4H2;;6*1H2/q;;;+2;;;;;;/p-2. The van der Waals surface area contributed by atoms with Crippen LogP contribution in [0.5, 0.6) is 0 Å². The molecule has 0 aromatic carbocycles. The normalized spacial score (nSPS) is 7.26. The van der Waals surface area contributed by atoms with Crippen LogP contribution in [0.25, 0.3) is 0 Å². The number of nitrogens with zero attached hydrogens (tertiary/aromatic N) is 2. The topological polar surface area (TPSA) is 431 Å². The van der Waals surface area contributed by atoms with E-state index in [1.807, 2.05) is 0 Å². The molecule has 0 saturated carbocycles. The van der Waals surface area contributed by atoms with Gasteiger partial charge in [-0.15, -0.1) is 0 Å². The summed E-state index contributed by atoms with van der Waals surface area (Å²) in [5, 5.41) is 40.6. The summed E-state index contributed by atoms with van der Waals surface area (Å²) >= 11 is 0. The van der Waals surface area contributed by atoms with Gasteiger partial charge in [0, 0.05) is 23.5 Å². The van der Waals surface area contributed by atoms with Gasteiger partial charge >= 0.3 is 17.1 Å². The molecule has 2 heterocycles. The van der Waals surface area contributed by atoms with Crippen molar-refractivity contribution < 1.29 is 101 Å². The van der Waals surface area contributed by atoms with E-state index in [1.54, 1.807) is 0 Å². The van der Waals surface area contributed by atoms with Gasteiger partial charge in [0.25, 0.3) is 0 Å². The predicted octanol–water partition coefficient (Wildman–Crippen LogP) is -11.9. The molecular weight excluding hydrogens is 536 g/mol.